The molecule has 3 aromatic rings. The molecule has 1 aliphatic heterocycles. The van der Waals surface area contributed by atoms with Crippen molar-refractivity contribution >= 4 is 18.0 Å². The number of rotatable bonds is 10. The third-order valence-electron chi connectivity index (χ3n) is 6.19. The molecule has 1 amide bonds. The Morgan fingerprint density at radius 2 is 1.27 bits per heavy atom. The number of hydrogen-bond acceptors (Lipinski definition) is 6. The molecule has 192 valence electrons. The SMILES string of the molecule is O=C(CCCc1ccccc1)O[C@H]1C[C@@H](C(=O)OCc2ccccc2)N(C(=O)OCc2ccccc2)C1. The van der Waals surface area contributed by atoms with E-state index in [4.69, 9.17) is 14.2 Å². The van der Waals surface area contributed by atoms with Gasteiger partial charge >= 0.3 is 18.0 Å². The standard InChI is InChI=1S/C30H31NO6/c32-28(18-10-17-23-11-4-1-5-12-23)37-26-19-27(29(33)35-21-24-13-6-2-7-14-24)31(20-26)30(34)36-22-25-15-8-3-9-16-25/h1-9,11-16,26-27H,10,17-22H2/t26-,27-/m0/s1. The summed E-state index contributed by atoms with van der Waals surface area (Å²) >= 11 is 0. The van der Waals surface area contributed by atoms with Gasteiger partial charge in [0.1, 0.15) is 25.4 Å². The lowest BCUT2D eigenvalue weighted by Gasteiger charge is -2.22. The molecular formula is C30H31NO6. The second-order valence-corrected chi connectivity index (χ2v) is 8.99. The number of carbonyl (C=O) groups excluding carboxylic acids is 3. The Morgan fingerprint density at radius 1 is 0.730 bits per heavy atom. The van der Waals surface area contributed by atoms with Crippen LogP contribution >= 0.6 is 0 Å². The maximum atomic E-state index is 13.0. The van der Waals surface area contributed by atoms with Crippen LogP contribution in [0.2, 0.25) is 0 Å². The number of carbonyl (C=O) groups is 3. The van der Waals surface area contributed by atoms with E-state index in [-0.39, 0.29) is 38.6 Å². The highest BCUT2D eigenvalue weighted by molar-refractivity contribution is 5.82. The van der Waals surface area contributed by atoms with Crippen molar-refractivity contribution in [2.75, 3.05) is 6.54 Å². The summed E-state index contributed by atoms with van der Waals surface area (Å²) in [7, 11) is 0. The predicted molar refractivity (Wildman–Crippen MR) is 137 cm³/mol. The van der Waals surface area contributed by atoms with E-state index in [1.54, 1.807) is 0 Å². The van der Waals surface area contributed by atoms with Crippen molar-refractivity contribution in [2.24, 2.45) is 0 Å². The van der Waals surface area contributed by atoms with E-state index in [0.29, 0.717) is 6.42 Å². The molecule has 1 fully saturated rings. The molecule has 7 heteroatoms. The summed E-state index contributed by atoms with van der Waals surface area (Å²) in [6.45, 7) is 0.238. The van der Waals surface area contributed by atoms with Gasteiger partial charge in [-0.2, -0.15) is 0 Å². The third-order valence-corrected chi connectivity index (χ3v) is 6.19. The summed E-state index contributed by atoms with van der Waals surface area (Å²) in [5.74, 6) is -0.903. The van der Waals surface area contributed by atoms with Gasteiger partial charge in [0.05, 0.1) is 6.54 Å². The van der Waals surface area contributed by atoms with Crippen molar-refractivity contribution < 1.29 is 28.6 Å². The first kappa shape index (κ1) is 25.9. The number of ether oxygens (including phenoxy) is 3. The fraction of sp³-hybridized carbons (Fsp3) is 0.300. The Labute approximate surface area is 217 Å². The lowest BCUT2D eigenvalue weighted by atomic mass is 10.1. The van der Waals surface area contributed by atoms with Crippen LogP contribution in [-0.4, -0.2) is 41.6 Å². The van der Waals surface area contributed by atoms with Crippen LogP contribution < -0.4 is 0 Å². The maximum Gasteiger partial charge on any atom is 0.410 e. The molecule has 0 N–H and O–H groups in total. The molecule has 37 heavy (non-hydrogen) atoms. The summed E-state index contributed by atoms with van der Waals surface area (Å²) in [6, 6.07) is 27.6. The highest BCUT2D eigenvalue weighted by atomic mass is 16.6. The van der Waals surface area contributed by atoms with Gasteiger partial charge in [-0.3, -0.25) is 9.69 Å². The second-order valence-electron chi connectivity index (χ2n) is 8.99. The van der Waals surface area contributed by atoms with Crippen molar-refractivity contribution in [3.8, 4) is 0 Å². The van der Waals surface area contributed by atoms with Crippen LogP contribution in [0.5, 0.6) is 0 Å². The summed E-state index contributed by atoms with van der Waals surface area (Å²) in [5, 5.41) is 0. The molecule has 7 nitrogen and oxygen atoms in total. The van der Waals surface area contributed by atoms with E-state index in [2.05, 4.69) is 0 Å². The fourth-order valence-electron chi connectivity index (χ4n) is 4.26. The molecule has 0 saturated carbocycles. The van der Waals surface area contributed by atoms with Gasteiger partial charge in [0.25, 0.3) is 0 Å². The molecule has 4 rings (SSSR count). The van der Waals surface area contributed by atoms with Crippen LogP contribution in [0, 0.1) is 0 Å². The summed E-state index contributed by atoms with van der Waals surface area (Å²) in [6.07, 6.45) is 0.593. The van der Waals surface area contributed by atoms with E-state index < -0.39 is 24.2 Å². The number of aryl methyl sites for hydroxylation is 1. The van der Waals surface area contributed by atoms with Gasteiger partial charge in [0.15, 0.2) is 0 Å². The van der Waals surface area contributed by atoms with Gasteiger partial charge < -0.3 is 14.2 Å². The number of likely N-dealkylation sites (tertiary alicyclic amines) is 1. The monoisotopic (exact) mass is 501 g/mol. The summed E-state index contributed by atoms with van der Waals surface area (Å²) in [5.41, 5.74) is 2.83. The molecule has 3 aromatic carbocycles. The summed E-state index contributed by atoms with van der Waals surface area (Å²) < 4.78 is 16.6. The highest BCUT2D eigenvalue weighted by Gasteiger charge is 2.43. The number of amides is 1. The first-order valence-electron chi connectivity index (χ1n) is 12.5. The minimum absolute atomic E-state index is 0.0726. The van der Waals surface area contributed by atoms with Crippen molar-refractivity contribution in [3.05, 3.63) is 108 Å². The van der Waals surface area contributed by atoms with Crippen LogP contribution in [0.3, 0.4) is 0 Å². The fourth-order valence-corrected chi connectivity index (χ4v) is 4.26. The normalized spacial score (nSPS) is 16.7. The van der Waals surface area contributed by atoms with Crippen molar-refractivity contribution in [1.29, 1.82) is 0 Å². The molecule has 1 saturated heterocycles. The molecule has 0 spiro atoms. The molecule has 2 atom stereocenters. The second kappa shape index (κ2) is 13.3. The van der Waals surface area contributed by atoms with Gasteiger partial charge in [0.2, 0.25) is 0 Å². The number of benzene rings is 3. The third kappa shape index (κ3) is 7.93. The Balaban J connectivity index is 1.33. The van der Waals surface area contributed by atoms with E-state index in [1.165, 1.54) is 4.90 Å². The zero-order valence-electron chi connectivity index (χ0n) is 20.7. The first-order valence-corrected chi connectivity index (χ1v) is 12.5. The minimum atomic E-state index is -0.894. The Hall–Kier alpha value is -4.13. The zero-order valence-corrected chi connectivity index (χ0v) is 20.7. The van der Waals surface area contributed by atoms with Gasteiger partial charge in [0, 0.05) is 12.8 Å². The van der Waals surface area contributed by atoms with E-state index in [1.807, 2.05) is 91.0 Å². The lowest BCUT2D eigenvalue weighted by Crippen LogP contribution is -2.41. The van der Waals surface area contributed by atoms with E-state index in [9.17, 15) is 14.4 Å². The van der Waals surface area contributed by atoms with Gasteiger partial charge in [-0.25, -0.2) is 9.59 Å². The van der Waals surface area contributed by atoms with Crippen LogP contribution in [0.25, 0.3) is 0 Å². The van der Waals surface area contributed by atoms with Gasteiger partial charge in [-0.1, -0.05) is 91.0 Å². The van der Waals surface area contributed by atoms with Crippen LogP contribution in [0.4, 0.5) is 4.79 Å². The Morgan fingerprint density at radius 3 is 1.86 bits per heavy atom. The largest absolute Gasteiger partial charge is 0.460 e. The quantitative estimate of drug-likeness (QED) is 0.285. The Kier molecular flexibility index (Phi) is 9.29. The first-order chi connectivity index (χ1) is 18.1. The lowest BCUT2D eigenvalue weighted by molar-refractivity contribution is -0.151. The average molecular weight is 502 g/mol. The molecule has 0 aliphatic carbocycles. The van der Waals surface area contributed by atoms with E-state index in [0.717, 1.165) is 23.1 Å². The Bertz CT molecular complexity index is 1090. The van der Waals surface area contributed by atoms with E-state index >= 15 is 0 Å². The van der Waals surface area contributed by atoms with Gasteiger partial charge in [-0.15, -0.1) is 0 Å². The molecular weight excluding hydrogens is 470 g/mol. The number of esters is 2. The minimum Gasteiger partial charge on any atom is -0.460 e. The van der Waals surface area contributed by atoms with Gasteiger partial charge in [-0.05, 0) is 29.5 Å². The summed E-state index contributed by atoms with van der Waals surface area (Å²) in [4.78, 5) is 39.7. The average Bonchev–Trinajstić information content (AvgIpc) is 3.36. The topological polar surface area (TPSA) is 82.1 Å². The smallest absolute Gasteiger partial charge is 0.410 e. The van der Waals surface area contributed by atoms with Crippen LogP contribution in [0.15, 0.2) is 91.0 Å². The van der Waals surface area contributed by atoms with Crippen LogP contribution in [0.1, 0.15) is 36.0 Å². The molecule has 0 bridgehead atoms. The number of nitrogens with zero attached hydrogens (tertiary/aromatic N) is 1. The molecule has 0 unspecified atom stereocenters. The highest BCUT2D eigenvalue weighted by Crippen LogP contribution is 2.24. The predicted octanol–water partition coefficient (Wildman–Crippen LogP) is 5.08. The molecule has 0 radical (unpaired) electrons. The maximum absolute atomic E-state index is 13.0. The van der Waals surface area contributed by atoms with Crippen LogP contribution in [-0.2, 0) is 43.4 Å². The molecule has 0 aromatic heterocycles. The number of hydrogen-bond donors (Lipinski definition) is 0. The van der Waals surface area contributed by atoms with Crippen molar-refractivity contribution in [3.63, 3.8) is 0 Å². The van der Waals surface area contributed by atoms with Crippen molar-refractivity contribution in [1.82, 2.24) is 4.90 Å². The van der Waals surface area contributed by atoms with Crippen molar-refractivity contribution in [2.45, 2.75) is 51.0 Å². The zero-order chi connectivity index (χ0) is 25.9. The molecule has 1 heterocycles. The molecule has 1 aliphatic rings.